The molecule has 0 atom stereocenters. The van der Waals surface area contributed by atoms with Crippen molar-refractivity contribution in [2.24, 2.45) is 0 Å². The SMILES string of the molecule is Cc1ccc(-c2csc3ncnc(SCCC(=O)NCCC(=O)O)c23)cc1. The van der Waals surface area contributed by atoms with Crippen molar-refractivity contribution in [2.45, 2.75) is 24.8 Å². The minimum atomic E-state index is -0.922. The van der Waals surface area contributed by atoms with E-state index in [1.807, 2.05) is 0 Å². The van der Waals surface area contributed by atoms with Gasteiger partial charge in [-0.3, -0.25) is 9.59 Å². The predicted molar refractivity (Wildman–Crippen MR) is 108 cm³/mol. The molecule has 0 saturated heterocycles. The molecule has 0 bridgehead atoms. The zero-order chi connectivity index (χ0) is 19.2. The van der Waals surface area contributed by atoms with Crippen LogP contribution in [0.1, 0.15) is 18.4 Å². The highest BCUT2D eigenvalue weighted by atomic mass is 32.2. The van der Waals surface area contributed by atoms with Crippen LogP contribution < -0.4 is 5.32 Å². The Hall–Kier alpha value is -2.45. The van der Waals surface area contributed by atoms with E-state index in [4.69, 9.17) is 5.11 Å². The average molecular weight is 402 g/mol. The lowest BCUT2D eigenvalue weighted by Gasteiger charge is -2.06. The second kappa shape index (κ2) is 8.96. The molecule has 0 saturated carbocycles. The van der Waals surface area contributed by atoms with Crippen molar-refractivity contribution >= 4 is 45.2 Å². The van der Waals surface area contributed by atoms with Crippen molar-refractivity contribution < 1.29 is 14.7 Å². The number of fused-ring (bicyclic) bond motifs is 1. The molecule has 140 valence electrons. The third kappa shape index (κ3) is 5.05. The first kappa shape index (κ1) is 19.3. The lowest BCUT2D eigenvalue weighted by atomic mass is 10.1. The number of nitrogens with zero attached hydrogens (tertiary/aromatic N) is 2. The van der Waals surface area contributed by atoms with Crippen LogP contribution in [0.25, 0.3) is 21.3 Å². The molecule has 0 aliphatic carbocycles. The molecule has 27 heavy (non-hydrogen) atoms. The zero-order valence-electron chi connectivity index (χ0n) is 14.8. The standard InChI is InChI=1S/C19H19N3O3S2/c1-12-2-4-13(5-3-12)14-10-27-19-17(14)18(21-11-22-19)26-9-7-15(23)20-8-6-16(24)25/h2-5,10-11H,6-9H2,1H3,(H,20,23)(H,24,25). The van der Waals surface area contributed by atoms with Crippen molar-refractivity contribution in [3.63, 3.8) is 0 Å². The van der Waals surface area contributed by atoms with E-state index < -0.39 is 5.97 Å². The first-order valence-electron chi connectivity index (χ1n) is 8.45. The minimum Gasteiger partial charge on any atom is -0.481 e. The number of benzene rings is 1. The molecular weight excluding hydrogens is 382 g/mol. The van der Waals surface area contributed by atoms with E-state index in [1.165, 1.54) is 17.3 Å². The fraction of sp³-hybridized carbons (Fsp3) is 0.263. The number of rotatable bonds is 8. The van der Waals surface area contributed by atoms with Crippen LogP contribution in [0.15, 0.2) is 41.0 Å². The summed E-state index contributed by atoms with van der Waals surface area (Å²) in [4.78, 5) is 32.0. The van der Waals surface area contributed by atoms with Gasteiger partial charge in [-0.15, -0.1) is 23.1 Å². The molecule has 0 unspecified atom stereocenters. The molecule has 1 aromatic carbocycles. The maximum Gasteiger partial charge on any atom is 0.305 e. The van der Waals surface area contributed by atoms with Crippen LogP contribution in [-0.2, 0) is 9.59 Å². The van der Waals surface area contributed by atoms with Gasteiger partial charge >= 0.3 is 5.97 Å². The second-order valence-electron chi connectivity index (χ2n) is 5.97. The predicted octanol–water partition coefficient (Wildman–Crippen LogP) is 3.74. The van der Waals surface area contributed by atoms with Gasteiger partial charge in [-0.25, -0.2) is 9.97 Å². The first-order valence-corrected chi connectivity index (χ1v) is 10.3. The monoisotopic (exact) mass is 401 g/mol. The number of carboxylic acid groups (broad SMARTS) is 1. The smallest absolute Gasteiger partial charge is 0.305 e. The van der Waals surface area contributed by atoms with Gasteiger partial charge in [0.25, 0.3) is 0 Å². The van der Waals surface area contributed by atoms with Gasteiger partial charge in [0.05, 0.1) is 11.8 Å². The van der Waals surface area contributed by atoms with Gasteiger partial charge in [-0.1, -0.05) is 29.8 Å². The molecule has 0 spiro atoms. The van der Waals surface area contributed by atoms with Gasteiger partial charge in [0, 0.05) is 29.7 Å². The van der Waals surface area contributed by atoms with E-state index in [9.17, 15) is 9.59 Å². The number of carboxylic acids is 1. The van der Waals surface area contributed by atoms with Gasteiger partial charge in [-0.2, -0.15) is 0 Å². The summed E-state index contributed by atoms with van der Waals surface area (Å²) in [5.41, 5.74) is 3.43. The number of carbonyl (C=O) groups is 2. The van der Waals surface area contributed by atoms with Crippen LogP contribution in [0.4, 0.5) is 0 Å². The van der Waals surface area contributed by atoms with Crippen LogP contribution in [0, 0.1) is 6.92 Å². The normalized spacial score (nSPS) is 10.9. The number of aromatic nitrogens is 2. The summed E-state index contributed by atoms with van der Waals surface area (Å²) in [6.45, 7) is 2.21. The van der Waals surface area contributed by atoms with E-state index in [0.29, 0.717) is 12.2 Å². The number of thiophene rings is 1. The zero-order valence-corrected chi connectivity index (χ0v) is 16.4. The lowest BCUT2D eigenvalue weighted by molar-refractivity contribution is -0.136. The van der Waals surface area contributed by atoms with Crippen LogP contribution in [0.2, 0.25) is 0 Å². The Morgan fingerprint density at radius 3 is 2.70 bits per heavy atom. The molecule has 0 aliphatic rings. The number of amides is 1. The molecule has 2 heterocycles. The summed E-state index contributed by atoms with van der Waals surface area (Å²) < 4.78 is 0. The highest BCUT2D eigenvalue weighted by Crippen LogP contribution is 2.37. The number of nitrogens with one attached hydrogen (secondary N) is 1. The minimum absolute atomic E-state index is 0.0692. The van der Waals surface area contributed by atoms with E-state index in [0.717, 1.165) is 26.4 Å². The molecular formula is C19H19N3O3S2. The molecule has 3 aromatic rings. The Labute approximate surface area is 165 Å². The van der Waals surface area contributed by atoms with E-state index in [-0.39, 0.29) is 18.9 Å². The average Bonchev–Trinajstić information content (AvgIpc) is 3.07. The third-order valence-electron chi connectivity index (χ3n) is 3.93. The van der Waals surface area contributed by atoms with Crippen LogP contribution in [-0.4, -0.2) is 39.2 Å². The van der Waals surface area contributed by atoms with E-state index in [1.54, 1.807) is 17.7 Å². The molecule has 6 nitrogen and oxygen atoms in total. The maximum absolute atomic E-state index is 11.8. The Bertz CT molecular complexity index is 954. The lowest BCUT2D eigenvalue weighted by Crippen LogP contribution is -2.26. The van der Waals surface area contributed by atoms with Crippen molar-refractivity contribution in [1.82, 2.24) is 15.3 Å². The maximum atomic E-state index is 11.8. The van der Waals surface area contributed by atoms with Crippen LogP contribution >= 0.6 is 23.1 Å². The molecule has 0 aliphatic heterocycles. The highest BCUT2D eigenvalue weighted by molar-refractivity contribution is 7.99. The Morgan fingerprint density at radius 2 is 1.96 bits per heavy atom. The number of carbonyl (C=O) groups excluding carboxylic acids is 1. The summed E-state index contributed by atoms with van der Waals surface area (Å²) in [5.74, 6) is -0.513. The number of aryl methyl sites for hydroxylation is 1. The van der Waals surface area contributed by atoms with Gasteiger partial charge in [0.1, 0.15) is 16.2 Å². The van der Waals surface area contributed by atoms with Gasteiger partial charge in [-0.05, 0) is 12.5 Å². The molecule has 1 amide bonds. The van der Waals surface area contributed by atoms with Crippen molar-refractivity contribution in [2.75, 3.05) is 12.3 Å². The quantitative estimate of drug-likeness (QED) is 0.441. The topological polar surface area (TPSA) is 92.2 Å². The van der Waals surface area contributed by atoms with Crippen molar-refractivity contribution in [3.05, 3.63) is 41.5 Å². The summed E-state index contributed by atoms with van der Waals surface area (Å²) >= 11 is 3.09. The number of thioether (sulfide) groups is 1. The Morgan fingerprint density at radius 1 is 1.19 bits per heavy atom. The molecule has 8 heteroatoms. The van der Waals surface area contributed by atoms with Gasteiger partial charge < -0.3 is 10.4 Å². The number of aliphatic carboxylic acids is 1. The third-order valence-corrected chi connectivity index (χ3v) is 5.80. The fourth-order valence-electron chi connectivity index (χ4n) is 2.54. The van der Waals surface area contributed by atoms with E-state index >= 15 is 0 Å². The summed E-state index contributed by atoms with van der Waals surface area (Å²) in [6, 6.07) is 8.34. The summed E-state index contributed by atoms with van der Waals surface area (Å²) in [7, 11) is 0. The van der Waals surface area contributed by atoms with Gasteiger partial charge in [0.2, 0.25) is 5.91 Å². The first-order chi connectivity index (χ1) is 13.0. The van der Waals surface area contributed by atoms with Gasteiger partial charge in [0.15, 0.2) is 0 Å². The molecule has 0 radical (unpaired) electrons. The summed E-state index contributed by atoms with van der Waals surface area (Å²) in [6.07, 6.45) is 1.78. The van der Waals surface area contributed by atoms with Crippen molar-refractivity contribution in [1.29, 1.82) is 0 Å². The van der Waals surface area contributed by atoms with E-state index in [2.05, 4.69) is 51.9 Å². The molecule has 2 N–H and O–H groups in total. The van der Waals surface area contributed by atoms with Crippen molar-refractivity contribution in [3.8, 4) is 11.1 Å². The Balaban J connectivity index is 1.70. The molecule has 3 rings (SSSR count). The molecule has 0 fully saturated rings. The Kier molecular flexibility index (Phi) is 6.41. The largest absolute Gasteiger partial charge is 0.481 e. The second-order valence-corrected chi connectivity index (χ2v) is 7.91. The fourth-order valence-corrected chi connectivity index (χ4v) is 4.47. The number of hydrogen-bond acceptors (Lipinski definition) is 6. The van der Waals surface area contributed by atoms with Crippen LogP contribution in [0.3, 0.4) is 0 Å². The summed E-state index contributed by atoms with van der Waals surface area (Å²) in [5, 5.41) is 15.2. The van der Waals surface area contributed by atoms with Crippen LogP contribution in [0.5, 0.6) is 0 Å². The number of hydrogen-bond donors (Lipinski definition) is 2. The molecule has 2 aromatic heterocycles. The highest BCUT2D eigenvalue weighted by Gasteiger charge is 2.14.